The van der Waals surface area contributed by atoms with Gasteiger partial charge in [-0.2, -0.15) is 10.1 Å². The minimum absolute atomic E-state index is 0.106. The molecule has 0 radical (unpaired) electrons. The van der Waals surface area contributed by atoms with Gasteiger partial charge in [0.05, 0.1) is 17.8 Å². The third kappa shape index (κ3) is 2.15. The Balaban J connectivity index is 2.34. The highest BCUT2D eigenvalue weighted by molar-refractivity contribution is 5.54. The minimum Gasteiger partial charge on any atom is -0.334 e. The van der Waals surface area contributed by atoms with Crippen molar-refractivity contribution in [2.45, 2.75) is 33.7 Å². The number of hydrogen-bond acceptors (Lipinski definition) is 5. The van der Waals surface area contributed by atoms with Crippen LogP contribution in [0.1, 0.15) is 38.3 Å². The molecule has 2 aromatic rings. The van der Waals surface area contributed by atoms with E-state index < -0.39 is 0 Å². The summed E-state index contributed by atoms with van der Waals surface area (Å²) in [5.74, 6) is 0.996. The lowest BCUT2D eigenvalue weighted by atomic mass is 9.87. The number of rotatable bonds is 2. The van der Waals surface area contributed by atoms with E-state index in [1.807, 2.05) is 34.7 Å². The number of nitrogens with zero attached hydrogens (tertiary/aromatic N) is 4. The maximum atomic E-state index is 6.10. The van der Waals surface area contributed by atoms with E-state index >= 15 is 0 Å². The zero-order valence-electron chi connectivity index (χ0n) is 11.4. The summed E-state index contributed by atoms with van der Waals surface area (Å²) in [4.78, 5) is 4.36. The van der Waals surface area contributed by atoms with E-state index in [0.29, 0.717) is 11.7 Å². The molecular formula is C12H19N5O. The second-order valence-corrected chi connectivity index (χ2v) is 5.57. The number of hydrogen-bond donors (Lipinski definition) is 1. The fraction of sp³-hybridized carbons (Fsp3) is 0.583. The number of nitrogens with two attached hydrogens (primary N) is 1. The Morgan fingerprint density at radius 3 is 2.56 bits per heavy atom. The quantitative estimate of drug-likeness (QED) is 0.877. The molecule has 2 heterocycles. The molecule has 6 heteroatoms. The Hall–Kier alpha value is -1.69. The molecule has 0 aliphatic heterocycles. The summed E-state index contributed by atoms with van der Waals surface area (Å²) < 4.78 is 7.03. The van der Waals surface area contributed by atoms with Crippen molar-refractivity contribution in [3.05, 3.63) is 17.7 Å². The van der Waals surface area contributed by atoms with Gasteiger partial charge in [0.2, 0.25) is 0 Å². The second kappa shape index (κ2) is 4.20. The number of aryl methyl sites for hydroxylation is 1. The highest BCUT2D eigenvalue weighted by Gasteiger charge is 2.27. The van der Waals surface area contributed by atoms with Crippen LogP contribution in [0.3, 0.4) is 0 Å². The van der Waals surface area contributed by atoms with Crippen molar-refractivity contribution in [2.24, 2.45) is 18.2 Å². The van der Waals surface area contributed by atoms with Crippen LogP contribution in [0, 0.1) is 12.3 Å². The molecular weight excluding hydrogens is 230 g/mol. The van der Waals surface area contributed by atoms with E-state index in [1.54, 1.807) is 10.9 Å². The summed E-state index contributed by atoms with van der Waals surface area (Å²) in [6.45, 7) is 8.09. The van der Waals surface area contributed by atoms with Crippen LogP contribution in [0.25, 0.3) is 11.5 Å². The lowest BCUT2D eigenvalue weighted by molar-refractivity contribution is 0.303. The minimum atomic E-state index is -0.257. The van der Waals surface area contributed by atoms with Gasteiger partial charge in [-0.3, -0.25) is 4.68 Å². The molecule has 0 aliphatic carbocycles. The molecule has 98 valence electrons. The van der Waals surface area contributed by atoms with E-state index in [1.165, 1.54) is 0 Å². The molecule has 1 unspecified atom stereocenters. The van der Waals surface area contributed by atoms with Crippen LogP contribution in [-0.4, -0.2) is 19.9 Å². The van der Waals surface area contributed by atoms with Gasteiger partial charge in [-0.25, -0.2) is 0 Å². The van der Waals surface area contributed by atoms with E-state index in [0.717, 1.165) is 11.3 Å². The van der Waals surface area contributed by atoms with E-state index in [-0.39, 0.29) is 11.5 Å². The van der Waals surface area contributed by atoms with E-state index in [9.17, 15) is 0 Å². The summed E-state index contributed by atoms with van der Waals surface area (Å²) in [6, 6.07) is -0.257. The zero-order valence-corrected chi connectivity index (χ0v) is 11.4. The first kappa shape index (κ1) is 12.8. The van der Waals surface area contributed by atoms with Gasteiger partial charge in [-0.1, -0.05) is 25.9 Å². The first-order valence-corrected chi connectivity index (χ1v) is 5.89. The monoisotopic (exact) mass is 249 g/mol. The van der Waals surface area contributed by atoms with Crippen molar-refractivity contribution >= 4 is 0 Å². The highest BCUT2D eigenvalue weighted by Crippen LogP contribution is 2.30. The van der Waals surface area contributed by atoms with Crippen molar-refractivity contribution in [1.29, 1.82) is 0 Å². The van der Waals surface area contributed by atoms with Crippen molar-refractivity contribution in [3.63, 3.8) is 0 Å². The smallest absolute Gasteiger partial charge is 0.261 e. The predicted octanol–water partition coefficient (Wildman–Crippen LogP) is 1.82. The normalized spacial score (nSPS) is 13.9. The first-order chi connectivity index (χ1) is 8.30. The van der Waals surface area contributed by atoms with Gasteiger partial charge in [-0.05, 0) is 12.3 Å². The molecule has 6 nitrogen and oxygen atoms in total. The average Bonchev–Trinajstić information content (AvgIpc) is 2.85. The molecule has 2 aromatic heterocycles. The highest BCUT2D eigenvalue weighted by atomic mass is 16.5. The lowest BCUT2D eigenvalue weighted by Gasteiger charge is -2.23. The largest absolute Gasteiger partial charge is 0.334 e. The van der Waals surface area contributed by atoms with Gasteiger partial charge >= 0.3 is 0 Å². The van der Waals surface area contributed by atoms with Gasteiger partial charge in [0.25, 0.3) is 5.89 Å². The van der Waals surface area contributed by atoms with Crippen LogP contribution in [-0.2, 0) is 7.05 Å². The molecule has 0 saturated carbocycles. The van der Waals surface area contributed by atoms with Crippen molar-refractivity contribution in [2.75, 3.05) is 0 Å². The zero-order chi connectivity index (χ0) is 13.5. The molecule has 0 spiro atoms. The summed E-state index contributed by atoms with van der Waals surface area (Å²) in [5, 5.41) is 8.11. The molecule has 0 amide bonds. The summed E-state index contributed by atoms with van der Waals surface area (Å²) in [7, 11) is 1.87. The molecule has 2 rings (SSSR count). The SMILES string of the molecule is Cc1c(-c2nc(C(N)C(C)(C)C)no2)cnn1C. The third-order valence-electron chi connectivity index (χ3n) is 3.12. The van der Waals surface area contributed by atoms with E-state index in [2.05, 4.69) is 15.2 Å². The van der Waals surface area contributed by atoms with Gasteiger partial charge in [0, 0.05) is 12.7 Å². The molecule has 1 atom stereocenters. The molecule has 0 bridgehead atoms. The molecule has 0 aromatic carbocycles. The predicted molar refractivity (Wildman–Crippen MR) is 67.6 cm³/mol. The fourth-order valence-corrected chi connectivity index (χ4v) is 1.57. The Kier molecular flexibility index (Phi) is 2.98. The van der Waals surface area contributed by atoms with Crippen LogP contribution in [0.2, 0.25) is 0 Å². The lowest BCUT2D eigenvalue weighted by Crippen LogP contribution is -2.27. The summed E-state index contributed by atoms with van der Waals surface area (Å²) in [6.07, 6.45) is 1.72. The Labute approximate surface area is 106 Å². The maximum Gasteiger partial charge on any atom is 0.261 e. The topological polar surface area (TPSA) is 82.8 Å². The van der Waals surface area contributed by atoms with Crippen molar-refractivity contribution in [1.82, 2.24) is 19.9 Å². The number of aromatic nitrogens is 4. The Bertz CT molecular complexity index is 549. The van der Waals surface area contributed by atoms with Crippen molar-refractivity contribution < 1.29 is 4.52 Å². The van der Waals surface area contributed by atoms with Gasteiger partial charge in [0.15, 0.2) is 5.82 Å². The van der Waals surface area contributed by atoms with Gasteiger partial charge in [-0.15, -0.1) is 0 Å². The standard InChI is InChI=1S/C12H19N5O/c1-7-8(6-14-17(7)5)11-15-10(16-18-11)9(13)12(2,3)4/h6,9H,13H2,1-5H3. The molecule has 18 heavy (non-hydrogen) atoms. The molecule has 0 aliphatic rings. The van der Waals surface area contributed by atoms with Gasteiger partial charge < -0.3 is 10.3 Å². The van der Waals surface area contributed by atoms with Gasteiger partial charge in [0.1, 0.15) is 0 Å². The van der Waals surface area contributed by atoms with Crippen LogP contribution >= 0.6 is 0 Å². The van der Waals surface area contributed by atoms with Crippen LogP contribution < -0.4 is 5.73 Å². The molecule has 0 saturated heterocycles. The first-order valence-electron chi connectivity index (χ1n) is 5.89. The van der Waals surface area contributed by atoms with Crippen LogP contribution in [0.15, 0.2) is 10.7 Å². The van der Waals surface area contributed by atoms with Crippen LogP contribution in [0.5, 0.6) is 0 Å². The molecule has 0 fully saturated rings. The van der Waals surface area contributed by atoms with Crippen molar-refractivity contribution in [3.8, 4) is 11.5 Å². The summed E-state index contributed by atoms with van der Waals surface area (Å²) in [5.41, 5.74) is 7.82. The Morgan fingerprint density at radius 1 is 1.39 bits per heavy atom. The fourth-order valence-electron chi connectivity index (χ4n) is 1.57. The third-order valence-corrected chi connectivity index (χ3v) is 3.12. The average molecular weight is 249 g/mol. The maximum absolute atomic E-state index is 6.10. The Morgan fingerprint density at radius 2 is 2.06 bits per heavy atom. The second-order valence-electron chi connectivity index (χ2n) is 5.57. The summed E-state index contributed by atoms with van der Waals surface area (Å²) >= 11 is 0. The van der Waals surface area contributed by atoms with E-state index in [4.69, 9.17) is 10.3 Å². The molecule has 2 N–H and O–H groups in total. The van der Waals surface area contributed by atoms with Crippen LogP contribution in [0.4, 0.5) is 0 Å².